The van der Waals surface area contributed by atoms with Crippen LogP contribution >= 0.6 is 11.8 Å². The highest BCUT2D eigenvalue weighted by Gasteiger charge is 2.26. The van der Waals surface area contributed by atoms with E-state index >= 15 is 0 Å². The predicted molar refractivity (Wildman–Crippen MR) is 76.0 cm³/mol. The first-order valence-electron chi connectivity index (χ1n) is 6.08. The van der Waals surface area contributed by atoms with Crippen molar-refractivity contribution in [2.75, 3.05) is 5.75 Å². The highest BCUT2D eigenvalue weighted by Crippen LogP contribution is 2.19. The number of halogens is 2. The fourth-order valence-electron chi connectivity index (χ4n) is 0.780. The summed E-state index contributed by atoms with van der Waals surface area (Å²) in [5, 5.41) is 0. The quantitative estimate of drug-likeness (QED) is 0.640. The molecule has 0 unspecified atom stereocenters. The van der Waals surface area contributed by atoms with Gasteiger partial charge >= 0.3 is 6.05 Å². The summed E-state index contributed by atoms with van der Waals surface area (Å²) in [6, 6.07) is 7.55. The minimum atomic E-state index is -3.00. The maximum absolute atomic E-state index is 11.6. The van der Waals surface area contributed by atoms with Crippen LogP contribution in [0.1, 0.15) is 27.7 Å². The van der Waals surface area contributed by atoms with Crippen LogP contribution in [0.2, 0.25) is 0 Å². The molecular formula is C14H23F2NS. The van der Waals surface area contributed by atoms with Crippen LogP contribution in [-0.2, 0) is 0 Å². The molecule has 0 aliphatic heterocycles. The molecule has 0 atom stereocenters. The number of alkyl halides is 2. The molecule has 0 heterocycles. The largest absolute Gasteiger partial charge is 0.302 e. The van der Waals surface area contributed by atoms with Gasteiger partial charge in [0, 0.05) is 16.6 Å². The van der Waals surface area contributed by atoms with E-state index in [1.807, 2.05) is 11.8 Å². The van der Waals surface area contributed by atoms with E-state index in [1.165, 1.54) is 24.5 Å². The number of thioether (sulfide) groups is 1. The Kier molecular flexibility index (Phi) is 8.20. The van der Waals surface area contributed by atoms with Crippen molar-refractivity contribution in [1.29, 1.82) is 0 Å². The highest BCUT2D eigenvalue weighted by molar-refractivity contribution is 7.99. The van der Waals surface area contributed by atoms with Gasteiger partial charge in [0.2, 0.25) is 0 Å². The van der Waals surface area contributed by atoms with E-state index in [1.54, 1.807) is 0 Å². The Morgan fingerprint density at radius 2 is 1.56 bits per heavy atom. The summed E-state index contributed by atoms with van der Waals surface area (Å²) in [6.07, 6.45) is 0. The molecule has 0 radical (unpaired) electrons. The minimum Gasteiger partial charge on any atom is -0.272 e. The van der Waals surface area contributed by atoms with Crippen molar-refractivity contribution in [3.8, 4) is 0 Å². The third kappa shape index (κ3) is 9.42. The Hall–Kier alpha value is -0.610. The van der Waals surface area contributed by atoms with Gasteiger partial charge in [-0.05, 0) is 18.1 Å². The van der Waals surface area contributed by atoms with Crippen molar-refractivity contribution < 1.29 is 8.78 Å². The number of rotatable bonds is 4. The van der Waals surface area contributed by atoms with Crippen LogP contribution in [0.3, 0.4) is 0 Å². The minimum absolute atomic E-state index is 0.757. The third-order valence-corrected chi connectivity index (χ3v) is 3.54. The zero-order chi connectivity index (χ0) is 14.2. The highest BCUT2D eigenvalue weighted by atomic mass is 32.2. The molecule has 1 nitrogen and oxygen atoms in total. The van der Waals surface area contributed by atoms with E-state index in [0.29, 0.717) is 0 Å². The van der Waals surface area contributed by atoms with Crippen LogP contribution in [-0.4, -0.2) is 11.8 Å². The number of hydrogen-bond donors (Lipinski definition) is 1. The van der Waals surface area contributed by atoms with Gasteiger partial charge in [-0.1, -0.05) is 45.9 Å². The van der Waals surface area contributed by atoms with Crippen molar-refractivity contribution in [2.24, 2.45) is 17.6 Å². The van der Waals surface area contributed by atoms with Gasteiger partial charge in [0.15, 0.2) is 0 Å². The van der Waals surface area contributed by atoms with E-state index in [4.69, 9.17) is 0 Å². The van der Waals surface area contributed by atoms with Crippen LogP contribution in [0.4, 0.5) is 8.78 Å². The molecule has 0 fully saturated rings. The second-order valence-electron chi connectivity index (χ2n) is 4.85. The van der Waals surface area contributed by atoms with Crippen molar-refractivity contribution in [2.45, 2.75) is 38.6 Å². The smallest absolute Gasteiger partial charge is 0.272 e. The molecule has 0 spiro atoms. The van der Waals surface area contributed by atoms with Crippen LogP contribution < -0.4 is 5.73 Å². The summed E-state index contributed by atoms with van der Waals surface area (Å²) in [6.45, 7) is 7.24. The van der Waals surface area contributed by atoms with Crippen LogP contribution in [0.15, 0.2) is 35.2 Å². The number of nitrogens with two attached hydrogens (primary N) is 1. The monoisotopic (exact) mass is 275 g/mol. The maximum atomic E-state index is 11.6. The zero-order valence-corrected chi connectivity index (χ0v) is 12.3. The average molecular weight is 275 g/mol. The Bertz CT molecular complexity index is 307. The maximum Gasteiger partial charge on any atom is 0.302 e. The fourth-order valence-corrected chi connectivity index (χ4v) is 1.65. The van der Waals surface area contributed by atoms with Gasteiger partial charge in [0.1, 0.15) is 0 Å². The van der Waals surface area contributed by atoms with Gasteiger partial charge in [-0.25, -0.2) is 0 Å². The third-order valence-electron chi connectivity index (χ3n) is 2.10. The number of hydrogen-bond acceptors (Lipinski definition) is 2. The fraction of sp³-hybridized carbons (Fsp3) is 0.571. The summed E-state index contributed by atoms with van der Waals surface area (Å²) in [7, 11) is 0. The standard InChI is InChI=1S/C10H14S.C4H9F2N/c1-9(2)8-11-10-6-4-3-5-7-10;1-3(2)4(5,6)7/h3-7,9H,8H2,1-2H3;3H,7H2,1-2H3. The number of benzene rings is 1. The zero-order valence-electron chi connectivity index (χ0n) is 11.5. The molecule has 0 amide bonds. The van der Waals surface area contributed by atoms with E-state index in [9.17, 15) is 8.78 Å². The molecular weight excluding hydrogens is 252 g/mol. The molecule has 0 saturated heterocycles. The van der Waals surface area contributed by atoms with E-state index in [0.717, 1.165) is 5.92 Å². The normalized spacial score (nSPS) is 11.4. The lowest BCUT2D eigenvalue weighted by atomic mass is 10.2. The molecule has 2 N–H and O–H groups in total. The summed E-state index contributed by atoms with van der Waals surface area (Å²) in [5.74, 6) is 1.23. The Morgan fingerprint density at radius 3 is 1.89 bits per heavy atom. The second-order valence-corrected chi connectivity index (χ2v) is 5.94. The van der Waals surface area contributed by atoms with Crippen LogP contribution in [0, 0.1) is 11.8 Å². The molecule has 1 aromatic carbocycles. The van der Waals surface area contributed by atoms with E-state index in [2.05, 4.69) is 49.9 Å². The molecule has 0 bridgehead atoms. The molecule has 0 aliphatic carbocycles. The Labute approximate surface area is 113 Å². The molecule has 1 rings (SSSR count). The molecule has 0 aliphatic rings. The van der Waals surface area contributed by atoms with Gasteiger partial charge in [0.05, 0.1) is 0 Å². The summed E-state index contributed by atoms with van der Waals surface area (Å²) < 4.78 is 23.2. The van der Waals surface area contributed by atoms with Crippen molar-refractivity contribution in [3.63, 3.8) is 0 Å². The lowest BCUT2D eigenvalue weighted by molar-refractivity contribution is -0.0381. The van der Waals surface area contributed by atoms with Crippen molar-refractivity contribution in [1.82, 2.24) is 0 Å². The molecule has 1 aromatic rings. The first-order valence-corrected chi connectivity index (χ1v) is 7.06. The predicted octanol–water partition coefficient (Wildman–Crippen LogP) is 4.63. The molecule has 0 saturated carbocycles. The molecule has 18 heavy (non-hydrogen) atoms. The average Bonchev–Trinajstić information content (AvgIpc) is 2.27. The summed E-state index contributed by atoms with van der Waals surface area (Å²) >= 11 is 1.93. The molecule has 104 valence electrons. The summed E-state index contributed by atoms with van der Waals surface area (Å²) in [5.41, 5.74) is 4.34. The molecule has 4 heteroatoms. The van der Waals surface area contributed by atoms with Crippen molar-refractivity contribution in [3.05, 3.63) is 30.3 Å². The van der Waals surface area contributed by atoms with Crippen LogP contribution in [0.5, 0.6) is 0 Å². The first kappa shape index (κ1) is 17.4. The lowest BCUT2D eigenvalue weighted by Gasteiger charge is -2.12. The second kappa shape index (κ2) is 8.48. The van der Waals surface area contributed by atoms with Gasteiger partial charge in [0.25, 0.3) is 0 Å². The summed E-state index contributed by atoms with van der Waals surface area (Å²) in [4.78, 5) is 1.38. The first-order chi connectivity index (χ1) is 8.23. The Morgan fingerprint density at radius 1 is 1.11 bits per heavy atom. The SMILES string of the molecule is CC(C)C(N)(F)F.CC(C)CSc1ccccc1. The van der Waals surface area contributed by atoms with E-state index in [-0.39, 0.29) is 0 Å². The van der Waals surface area contributed by atoms with Gasteiger partial charge < -0.3 is 0 Å². The van der Waals surface area contributed by atoms with E-state index < -0.39 is 12.0 Å². The van der Waals surface area contributed by atoms with Crippen LogP contribution in [0.25, 0.3) is 0 Å². The van der Waals surface area contributed by atoms with Gasteiger partial charge in [-0.3, -0.25) is 5.73 Å². The topological polar surface area (TPSA) is 26.0 Å². The van der Waals surface area contributed by atoms with Crippen molar-refractivity contribution >= 4 is 11.8 Å². The van der Waals surface area contributed by atoms with Gasteiger partial charge in [-0.2, -0.15) is 8.78 Å². The Balaban J connectivity index is 0.000000360. The lowest BCUT2D eigenvalue weighted by Crippen LogP contribution is -2.34. The van der Waals surface area contributed by atoms with Gasteiger partial charge in [-0.15, -0.1) is 11.8 Å². The molecule has 0 aromatic heterocycles.